The van der Waals surface area contributed by atoms with Crippen LogP contribution in [0.15, 0.2) is 106 Å². The summed E-state index contributed by atoms with van der Waals surface area (Å²) >= 11 is 3.47. The van der Waals surface area contributed by atoms with Crippen LogP contribution >= 0.6 is 15.9 Å². The fourth-order valence-corrected chi connectivity index (χ4v) is 4.11. The highest BCUT2D eigenvalue weighted by molar-refractivity contribution is 9.10. The number of aryl methyl sites for hydroxylation is 1. The van der Waals surface area contributed by atoms with Crippen molar-refractivity contribution in [3.05, 3.63) is 118 Å². The maximum absolute atomic E-state index is 13.5. The molecular weight excluding hydrogens is 448 g/mol. The lowest BCUT2D eigenvalue weighted by molar-refractivity contribution is -0.113. The number of amides is 1. The van der Waals surface area contributed by atoms with Gasteiger partial charge >= 0.3 is 0 Å². The maximum Gasteiger partial charge on any atom is 0.282 e. The fraction of sp³-hybridized carbons (Fsp3) is 0.0370. The SMILES string of the molecule is Cc1cccc(C2=N/C(=C/c3cccc4ccccc34)C(=O)N2c2ccc(Br)cc2)c1. The minimum Gasteiger partial charge on any atom is -0.266 e. The van der Waals surface area contributed by atoms with Gasteiger partial charge in [0.25, 0.3) is 5.91 Å². The summed E-state index contributed by atoms with van der Waals surface area (Å²) in [5.41, 5.74) is 4.23. The molecular formula is C27H19BrN2O. The fourth-order valence-electron chi connectivity index (χ4n) is 3.85. The molecule has 150 valence electrons. The Morgan fingerprint density at radius 1 is 0.871 bits per heavy atom. The highest BCUT2D eigenvalue weighted by Crippen LogP contribution is 2.30. The number of benzene rings is 4. The van der Waals surface area contributed by atoms with Crippen LogP contribution in [0.1, 0.15) is 16.7 Å². The highest BCUT2D eigenvalue weighted by atomic mass is 79.9. The first kappa shape index (κ1) is 19.5. The quantitative estimate of drug-likeness (QED) is 0.307. The number of anilines is 1. The summed E-state index contributed by atoms with van der Waals surface area (Å²) in [6.45, 7) is 2.04. The molecule has 1 aliphatic heterocycles. The second-order valence-corrected chi connectivity index (χ2v) is 8.44. The largest absolute Gasteiger partial charge is 0.282 e. The minimum atomic E-state index is -0.133. The second kappa shape index (κ2) is 7.97. The molecule has 4 heteroatoms. The van der Waals surface area contributed by atoms with Crippen LogP contribution in [-0.4, -0.2) is 11.7 Å². The van der Waals surface area contributed by atoms with Crippen molar-refractivity contribution in [2.24, 2.45) is 4.99 Å². The molecule has 0 radical (unpaired) electrons. The number of carbonyl (C=O) groups is 1. The lowest BCUT2D eigenvalue weighted by Gasteiger charge is -2.19. The summed E-state index contributed by atoms with van der Waals surface area (Å²) in [7, 11) is 0. The predicted molar refractivity (Wildman–Crippen MR) is 131 cm³/mol. The molecule has 1 heterocycles. The van der Waals surface area contributed by atoms with E-state index in [0.29, 0.717) is 11.5 Å². The van der Waals surface area contributed by atoms with E-state index in [4.69, 9.17) is 4.99 Å². The minimum absolute atomic E-state index is 0.133. The van der Waals surface area contributed by atoms with E-state index < -0.39 is 0 Å². The maximum atomic E-state index is 13.5. The van der Waals surface area contributed by atoms with Gasteiger partial charge in [-0.05, 0) is 59.7 Å². The molecule has 31 heavy (non-hydrogen) atoms. The Balaban J connectivity index is 1.67. The van der Waals surface area contributed by atoms with E-state index in [1.807, 2.05) is 79.7 Å². The number of nitrogens with zero attached hydrogens (tertiary/aromatic N) is 2. The lowest BCUT2D eigenvalue weighted by Crippen LogP contribution is -2.32. The zero-order chi connectivity index (χ0) is 21.4. The highest BCUT2D eigenvalue weighted by Gasteiger charge is 2.32. The van der Waals surface area contributed by atoms with Crippen LogP contribution in [0.25, 0.3) is 16.8 Å². The molecule has 1 aliphatic rings. The Labute approximate surface area is 189 Å². The molecule has 4 aromatic carbocycles. The number of rotatable bonds is 3. The molecule has 3 nitrogen and oxygen atoms in total. The molecule has 0 aliphatic carbocycles. The van der Waals surface area contributed by atoms with Gasteiger partial charge in [0, 0.05) is 10.0 Å². The van der Waals surface area contributed by atoms with Gasteiger partial charge < -0.3 is 0 Å². The summed E-state index contributed by atoms with van der Waals surface area (Å²) in [5.74, 6) is 0.509. The monoisotopic (exact) mass is 466 g/mol. The summed E-state index contributed by atoms with van der Waals surface area (Å²) in [5, 5.41) is 2.23. The topological polar surface area (TPSA) is 32.7 Å². The van der Waals surface area contributed by atoms with Crippen molar-refractivity contribution in [3.8, 4) is 0 Å². The van der Waals surface area contributed by atoms with E-state index in [-0.39, 0.29) is 5.91 Å². The second-order valence-electron chi connectivity index (χ2n) is 7.52. The first-order valence-electron chi connectivity index (χ1n) is 10.1. The standard InChI is InChI=1S/C27H19BrN2O/c1-18-6-4-10-21(16-18)26-29-25(27(31)30(26)23-14-12-22(28)13-15-23)17-20-9-5-8-19-7-2-3-11-24(19)20/h2-17H,1H3/b25-17+. The van der Waals surface area contributed by atoms with Gasteiger partial charge in [0.05, 0.1) is 5.69 Å². The Morgan fingerprint density at radius 2 is 1.61 bits per heavy atom. The molecule has 1 amide bonds. The van der Waals surface area contributed by atoms with Crippen LogP contribution in [0.2, 0.25) is 0 Å². The van der Waals surface area contributed by atoms with Crippen LogP contribution in [0.5, 0.6) is 0 Å². The number of amidine groups is 1. The Bertz CT molecular complexity index is 1360. The molecule has 0 spiro atoms. The third-order valence-electron chi connectivity index (χ3n) is 5.34. The third kappa shape index (κ3) is 3.71. The van der Waals surface area contributed by atoms with Crippen molar-refractivity contribution in [2.45, 2.75) is 6.92 Å². The van der Waals surface area contributed by atoms with Gasteiger partial charge in [0.15, 0.2) is 0 Å². The van der Waals surface area contributed by atoms with Gasteiger partial charge in [0.2, 0.25) is 0 Å². The third-order valence-corrected chi connectivity index (χ3v) is 5.87. The van der Waals surface area contributed by atoms with Crippen LogP contribution in [0.4, 0.5) is 5.69 Å². The van der Waals surface area contributed by atoms with Gasteiger partial charge in [-0.1, -0.05) is 82.2 Å². The zero-order valence-electron chi connectivity index (χ0n) is 16.9. The molecule has 0 fully saturated rings. The number of fused-ring (bicyclic) bond motifs is 1. The zero-order valence-corrected chi connectivity index (χ0v) is 18.5. The molecule has 0 N–H and O–H groups in total. The summed E-state index contributed by atoms with van der Waals surface area (Å²) in [6.07, 6.45) is 1.89. The van der Waals surface area contributed by atoms with E-state index in [0.717, 1.165) is 37.6 Å². The number of aliphatic imine (C=N–C) groups is 1. The van der Waals surface area contributed by atoms with Crippen LogP contribution in [0.3, 0.4) is 0 Å². The molecule has 0 saturated heterocycles. The van der Waals surface area contributed by atoms with Crippen molar-refractivity contribution in [1.82, 2.24) is 0 Å². The average molecular weight is 467 g/mol. The summed E-state index contributed by atoms with van der Waals surface area (Å²) < 4.78 is 0.962. The lowest BCUT2D eigenvalue weighted by atomic mass is 10.0. The number of carbonyl (C=O) groups excluding carboxylic acids is 1. The normalized spacial score (nSPS) is 15.0. The molecule has 0 bridgehead atoms. The average Bonchev–Trinajstić information content (AvgIpc) is 3.11. The molecule has 0 aromatic heterocycles. The van der Waals surface area contributed by atoms with Gasteiger partial charge in [-0.3, -0.25) is 9.69 Å². The van der Waals surface area contributed by atoms with Crippen LogP contribution in [0, 0.1) is 6.92 Å². The van der Waals surface area contributed by atoms with Crippen molar-refractivity contribution < 1.29 is 4.79 Å². The number of halogens is 1. The number of hydrogen-bond acceptors (Lipinski definition) is 2. The summed E-state index contributed by atoms with van der Waals surface area (Å²) in [6, 6.07) is 30.1. The Kier molecular flexibility index (Phi) is 5.00. The first-order chi connectivity index (χ1) is 15.1. The van der Waals surface area contributed by atoms with Crippen molar-refractivity contribution in [3.63, 3.8) is 0 Å². The predicted octanol–water partition coefficient (Wildman–Crippen LogP) is 6.75. The van der Waals surface area contributed by atoms with Crippen molar-refractivity contribution in [1.29, 1.82) is 0 Å². The van der Waals surface area contributed by atoms with E-state index >= 15 is 0 Å². The molecule has 0 atom stereocenters. The van der Waals surface area contributed by atoms with Crippen molar-refractivity contribution >= 4 is 50.2 Å². The smallest absolute Gasteiger partial charge is 0.266 e. The van der Waals surface area contributed by atoms with Gasteiger partial charge in [-0.2, -0.15) is 0 Å². The van der Waals surface area contributed by atoms with Gasteiger partial charge in [-0.15, -0.1) is 0 Å². The molecule has 0 saturated carbocycles. The van der Waals surface area contributed by atoms with E-state index in [9.17, 15) is 4.79 Å². The van der Waals surface area contributed by atoms with E-state index in [2.05, 4.69) is 40.2 Å². The molecule has 0 unspecified atom stereocenters. The first-order valence-corrected chi connectivity index (χ1v) is 10.8. The van der Waals surface area contributed by atoms with Gasteiger partial charge in [0.1, 0.15) is 11.5 Å². The van der Waals surface area contributed by atoms with Crippen LogP contribution in [-0.2, 0) is 4.79 Å². The van der Waals surface area contributed by atoms with Gasteiger partial charge in [-0.25, -0.2) is 4.99 Å². The Morgan fingerprint density at radius 3 is 2.42 bits per heavy atom. The summed E-state index contributed by atoms with van der Waals surface area (Å²) in [4.78, 5) is 20.0. The van der Waals surface area contributed by atoms with Crippen LogP contribution < -0.4 is 4.90 Å². The van der Waals surface area contributed by atoms with E-state index in [1.54, 1.807) is 4.90 Å². The number of hydrogen-bond donors (Lipinski definition) is 0. The molecule has 5 rings (SSSR count). The van der Waals surface area contributed by atoms with E-state index in [1.165, 1.54) is 0 Å². The van der Waals surface area contributed by atoms with Crippen molar-refractivity contribution in [2.75, 3.05) is 4.90 Å². The molecule has 4 aromatic rings. The Hall–Kier alpha value is -3.50.